The summed E-state index contributed by atoms with van der Waals surface area (Å²) in [4.78, 5) is 30.9. The average molecular weight is 521 g/mol. The van der Waals surface area contributed by atoms with Crippen molar-refractivity contribution in [2.75, 3.05) is 32.6 Å². The van der Waals surface area contributed by atoms with Gasteiger partial charge in [0.2, 0.25) is 18.1 Å². The first kappa shape index (κ1) is 25.4. The number of hydrogen-bond acceptors (Lipinski definition) is 7. The summed E-state index contributed by atoms with van der Waals surface area (Å²) in [5.41, 5.74) is 2.01. The number of carbonyl (C=O) groups excluding carboxylic acids is 1. The lowest BCUT2D eigenvalue weighted by Gasteiger charge is -2.36. The van der Waals surface area contributed by atoms with Gasteiger partial charge in [0.25, 0.3) is 0 Å². The first-order valence-corrected chi connectivity index (χ1v) is 11.9. The molecule has 5 rings (SSSR count). The molecular weight excluding hydrogens is 494 g/mol. The quantitative estimate of drug-likeness (QED) is 0.380. The van der Waals surface area contributed by atoms with Crippen molar-refractivity contribution in [2.45, 2.75) is 13.2 Å². The highest BCUT2D eigenvalue weighted by Crippen LogP contribution is 2.36. The van der Waals surface area contributed by atoms with Crippen LogP contribution in [0.1, 0.15) is 19.0 Å². The molecule has 1 amide bonds. The topological polar surface area (TPSA) is 105 Å². The van der Waals surface area contributed by atoms with Crippen molar-refractivity contribution in [1.82, 2.24) is 24.8 Å². The van der Waals surface area contributed by atoms with Crippen LogP contribution in [-0.2, 0) is 14.3 Å². The maximum Gasteiger partial charge on any atom is 0.232 e. The number of benzene rings is 2. The minimum absolute atomic E-state index is 0.0924. The highest BCUT2D eigenvalue weighted by molar-refractivity contribution is 5.82. The lowest BCUT2D eigenvalue weighted by Crippen LogP contribution is -2.48. The predicted octanol–water partition coefficient (Wildman–Crippen LogP) is 4.70. The van der Waals surface area contributed by atoms with Crippen LogP contribution in [0.5, 0.6) is 0 Å². The van der Waals surface area contributed by atoms with Gasteiger partial charge in [-0.05, 0) is 61.5 Å². The van der Waals surface area contributed by atoms with Gasteiger partial charge in [0.05, 0.1) is 35.7 Å². The van der Waals surface area contributed by atoms with Gasteiger partial charge in [-0.25, -0.2) is 23.7 Å². The van der Waals surface area contributed by atoms with E-state index in [2.05, 4.69) is 20.3 Å². The Bertz CT molecular complexity index is 1430. The standard InChI is InChI=1S/C27H26F2N6O3/c1-27(25(36)35(2)3)14-37-24(38-15-27)23-33-21(16-4-6-17(28)7-5-16)22(34-23)20-12-13-30-26(32-20)31-19-10-8-18(29)9-11-19/h4-13,24H,14-15H2,1-3H3,(H,33,34)(H,30,31,32). The van der Waals surface area contributed by atoms with Crippen LogP contribution in [0.4, 0.5) is 20.4 Å². The number of ether oxygens (including phenoxy) is 2. The van der Waals surface area contributed by atoms with Gasteiger partial charge in [-0.1, -0.05) is 0 Å². The third-order valence-corrected chi connectivity index (χ3v) is 6.10. The zero-order chi connectivity index (χ0) is 26.9. The van der Waals surface area contributed by atoms with E-state index >= 15 is 0 Å². The third-order valence-electron chi connectivity index (χ3n) is 6.10. The lowest BCUT2D eigenvalue weighted by molar-refractivity contribution is -0.233. The number of H-pyrrole nitrogens is 1. The van der Waals surface area contributed by atoms with Gasteiger partial charge in [-0.3, -0.25) is 4.79 Å². The SMILES string of the molecule is CN(C)C(=O)C1(C)COC(c2nc(-c3ccc(F)cc3)c(-c3ccnc(Nc4ccc(F)cc4)n3)[nH]2)OC1. The van der Waals surface area contributed by atoms with Crippen molar-refractivity contribution in [2.24, 2.45) is 5.41 Å². The highest BCUT2D eigenvalue weighted by atomic mass is 19.1. The van der Waals surface area contributed by atoms with Gasteiger partial charge in [0, 0.05) is 31.5 Å². The first-order valence-electron chi connectivity index (χ1n) is 11.9. The van der Waals surface area contributed by atoms with E-state index in [-0.39, 0.29) is 30.8 Å². The number of amides is 1. The molecule has 0 atom stereocenters. The van der Waals surface area contributed by atoms with Crippen LogP contribution in [0.3, 0.4) is 0 Å². The Balaban J connectivity index is 1.47. The molecule has 0 radical (unpaired) electrons. The largest absolute Gasteiger partial charge is 0.348 e. The van der Waals surface area contributed by atoms with E-state index in [9.17, 15) is 13.6 Å². The molecule has 2 aromatic heterocycles. The molecular formula is C27H26F2N6O3. The summed E-state index contributed by atoms with van der Waals surface area (Å²) < 4.78 is 38.8. The van der Waals surface area contributed by atoms with Crippen LogP contribution in [-0.4, -0.2) is 58.1 Å². The van der Waals surface area contributed by atoms with Crippen LogP contribution in [0.15, 0.2) is 60.8 Å². The second-order valence-electron chi connectivity index (χ2n) is 9.46. The number of halogens is 2. The minimum atomic E-state index is -0.843. The fourth-order valence-corrected chi connectivity index (χ4v) is 4.16. The summed E-state index contributed by atoms with van der Waals surface area (Å²) in [5.74, 6) is -0.144. The van der Waals surface area contributed by atoms with E-state index in [1.807, 2.05) is 0 Å². The molecule has 1 fully saturated rings. The molecule has 0 saturated carbocycles. The maximum absolute atomic E-state index is 13.6. The molecule has 38 heavy (non-hydrogen) atoms. The third kappa shape index (κ3) is 5.24. The molecule has 9 nitrogen and oxygen atoms in total. The van der Waals surface area contributed by atoms with Crippen molar-refractivity contribution < 1.29 is 23.0 Å². The smallest absolute Gasteiger partial charge is 0.232 e. The molecule has 3 heterocycles. The molecule has 2 N–H and O–H groups in total. The summed E-state index contributed by atoms with van der Waals surface area (Å²) in [7, 11) is 3.38. The Morgan fingerprint density at radius 1 is 1.00 bits per heavy atom. The number of nitrogens with one attached hydrogen (secondary N) is 2. The molecule has 2 aromatic carbocycles. The van der Waals surface area contributed by atoms with E-state index in [0.717, 1.165) is 0 Å². The Morgan fingerprint density at radius 2 is 1.63 bits per heavy atom. The van der Waals surface area contributed by atoms with E-state index in [4.69, 9.17) is 14.5 Å². The van der Waals surface area contributed by atoms with Gasteiger partial charge < -0.3 is 24.7 Å². The summed E-state index contributed by atoms with van der Waals surface area (Å²) in [6.45, 7) is 2.09. The molecule has 1 aliphatic heterocycles. The minimum Gasteiger partial charge on any atom is -0.348 e. The number of hydrogen-bond donors (Lipinski definition) is 2. The first-order chi connectivity index (χ1) is 18.2. The van der Waals surface area contributed by atoms with Crippen LogP contribution < -0.4 is 5.32 Å². The van der Waals surface area contributed by atoms with E-state index in [1.54, 1.807) is 57.5 Å². The highest BCUT2D eigenvalue weighted by Gasteiger charge is 2.41. The molecule has 196 valence electrons. The Morgan fingerprint density at radius 3 is 2.26 bits per heavy atom. The molecule has 4 aromatic rings. The number of nitrogens with zero attached hydrogens (tertiary/aromatic N) is 4. The van der Waals surface area contributed by atoms with E-state index in [0.29, 0.717) is 40.1 Å². The summed E-state index contributed by atoms with van der Waals surface area (Å²) in [5, 5.41) is 3.05. The lowest BCUT2D eigenvalue weighted by atomic mass is 9.90. The molecule has 0 spiro atoms. The van der Waals surface area contributed by atoms with E-state index in [1.165, 1.54) is 29.2 Å². The van der Waals surface area contributed by atoms with Crippen molar-refractivity contribution in [1.29, 1.82) is 0 Å². The Labute approximate surface area is 217 Å². The van der Waals surface area contributed by atoms with Gasteiger partial charge in [0.15, 0.2) is 5.82 Å². The second kappa shape index (κ2) is 10.3. The maximum atomic E-state index is 13.6. The zero-order valence-corrected chi connectivity index (χ0v) is 21.0. The van der Waals surface area contributed by atoms with Crippen LogP contribution in [0, 0.1) is 17.0 Å². The normalized spacial score (nSPS) is 19.2. The van der Waals surface area contributed by atoms with Crippen molar-refractivity contribution in [3.8, 4) is 22.6 Å². The molecule has 0 unspecified atom stereocenters. The molecule has 11 heteroatoms. The monoisotopic (exact) mass is 520 g/mol. The number of aromatic nitrogens is 4. The number of aromatic amines is 1. The Kier molecular flexibility index (Phi) is 6.87. The average Bonchev–Trinajstić information content (AvgIpc) is 3.36. The molecule has 0 aliphatic carbocycles. The number of rotatable bonds is 6. The van der Waals surface area contributed by atoms with Gasteiger partial charge in [-0.15, -0.1) is 0 Å². The van der Waals surface area contributed by atoms with Gasteiger partial charge in [0.1, 0.15) is 11.6 Å². The van der Waals surface area contributed by atoms with Crippen molar-refractivity contribution in [3.05, 3.63) is 78.3 Å². The number of carbonyl (C=O) groups is 1. The van der Waals surface area contributed by atoms with Gasteiger partial charge in [-0.2, -0.15) is 0 Å². The van der Waals surface area contributed by atoms with Crippen LogP contribution in [0.25, 0.3) is 22.6 Å². The predicted molar refractivity (Wildman–Crippen MR) is 136 cm³/mol. The fourth-order valence-electron chi connectivity index (χ4n) is 4.16. The molecule has 1 aliphatic rings. The number of imidazole rings is 1. The van der Waals surface area contributed by atoms with Crippen LogP contribution in [0.2, 0.25) is 0 Å². The molecule has 1 saturated heterocycles. The molecule has 0 bridgehead atoms. The zero-order valence-electron chi connectivity index (χ0n) is 21.0. The fraction of sp³-hybridized carbons (Fsp3) is 0.259. The van der Waals surface area contributed by atoms with Crippen molar-refractivity contribution in [3.63, 3.8) is 0 Å². The Hall–Kier alpha value is -4.22. The summed E-state index contributed by atoms with van der Waals surface area (Å²) in [6.07, 6.45) is 0.735. The number of anilines is 2. The summed E-state index contributed by atoms with van der Waals surface area (Å²) in [6, 6.07) is 13.5. The summed E-state index contributed by atoms with van der Waals surface area (Å²) >= 11 is 0. The van der Waals surface area contributed by atoms with Crippen molar-refractivity contribution >= 4 is 17.5 Å². The van der Waals surface area contributed by atoms with Crippen LogP contribution >= 0.6 is 0 Å². The van der Waals surface area contributed by atoms with Gasteiger partial charge >= 0.3 is 0 Å². The van der Waals surface area contributed by atoms with E-state index < -0.39 is 11.7 Å². The second-order valence-corrected chi connectivity index (χ2v) is 9.46.